The van der Waals surface area contributed by atoms with Crippen molar-refractivity contribution in [3.05, 3.63) is 35.9 Å². The number of carboxylic acids is 1. The van der Waals surface area contributed by atoms with Crippen molar-refractivity contribution >= 4 is 11.9 Å². The van der Waals surface area contributed by atoms with Gasteiger partial charge in [-0.3, -0.25) is 9.59 Å². The van der Waals surface area contributed by atoms with Crippen LogP contribution < -0.4 is 0 Å². The quantitative estimate of drug-likeness (QED) is 0.927. The smallest absolute Gasteiger partial charge is 0.308 e. The average Bonchev–Trinajstić information content (AvgIpc) is 3.01. The summed E-state index contributed by atoms with van der Waals surface area (Å²) in [7, 11) is 0. The Hall–Kier alpha value is -1.88. The summed E-state index contributed by atoms with van der Waals surface area (Å²) in [5.74, 6) is -1.50. The van der Waals surface area contributed by atoms with Gasteiger partial charge in [0.25, 0.3) is 0 Å². The molecule has 2 aliphatic heterocycles. The first kappa shape index (κ1) is 16.0. The fourth-order valence-electron chi connectivity index (χ4n) is 3.74. The van der Waals surface area contributed by atoms with Crippen molar-refractivity contribution in [1.29, 1.82) is 0 Å². The highest BCUT2D eigenvalue weighted by Crippen LogP contribution is 2.37. The van der Waals surface area contributed by atoms with Crippen molar-refractivity contribution in [3.63, 3.8) is 0 Å². The zero-order chi connectivity index (χ0) is 16.4. The zero-order valence-corrected chi connectivity index (χ0v) is 13.4. The lowest BCUT2D eigenvalue weighted by atomic mass is 9.83. The molecule has 1 N–H and O–H groups in total. The molecule has 2 saturated heterocycles. The SMILES string of the molecule is CC1(C(=O)N2C[C@H](C(=O)O)[C@@H](c3ccccc3)C2)CCCOC1. The predicted molar refractivity (Wildman–Crippen MR) is 85.0 cm³/mol. The van der Waals surface area contributed by atoms with Crippen molar-refractivity contribution in [3.8, 4) is 0 Å². The number of benzene rings is 1. The van der Waals surface area contributed by atoms with E-state index in [1.165, 1.54) is 0 Å². The third-order valence-electron chi connectivity index (χ3n) is 5.11. The summed E-state index contributed by atoms with van der Waals surface area (Å²) in [6, 6.07) is 9.63. The first-order valence-corrected chi connectivity index (χ1v) is 8.16. The number of rotatable bonds is 3. The number of likely N-dealkylation sites (tertiary alicyclic amines) is 1. The minimum atomic E-state index is -0.834. The maximum Gasteiger partial charge on any atom is 0.308 e. The number of nitrogens with zero attached hydrogens (tertiary/aromatic N) is 1. The normalized spacial score (nSPS) is 31.1. The van der Waals surface area contributed by atoms with Crippen LogP contribution in [0.4, 0.5) is 0 Å². The van der Waals surface area contributed by atoms with E-state index < -0.39 is 17.3 Å². The fraction of sp³-hybridized carbons (Fsp3) is 0.556. The van der Waals surface area contributed by atoms with Crippen molar-refractivity contribution in [2.24, 2.45) is 11.3 Å². The van der Waals surface area contributed by atoms with Gasteiger partial charge in [-0.25, -0.2) is 0 Å². The molecule has 2 fully saturated rings. The van der Waals surface area contributed by atoms with Crippen LogP contribution in [-0.4, -0.2) is 48.2 Å². The maximum absolute atomic E-state index is 12.9. The van der Waals surface area contributed by atoms with Crippen LogP contribution in [0.5, 0.6) is 0 Å². The number of carbonyl (C=O) groups is 2. The minimum Gasteiger partial charge on any atom is -0.481 e. The number of carboxylic acid groups (broad SMARTS) is 1. The molecular weight excluding hydrogens is 294 g/mol. The molecule has 0 bridgehead atoms. The van der Waals surface area contributed by atoms with Crippen molar-refractivity contribution in [1.82, 2.24) is 4.90 Å². The minimum absolute atomic E-state index is 0.0295. The Morgan fingerprint density at radius 3 is 2.61 bits per heavy atom. The lowest BCUT2D eigenvalue weighted by Crippen LogP contribution is -2.46. The van der Waals surface area contributed by atoms with E-state index in [-0.39, 0.29) is 18.4 Å². The van der Waals surface area contributed by atoms with Crippen molar-refractivity contribution in [2.75, 3.05) is 26.3 Å². The summed E-state index contributed by atoms with van der Waals surface area (Å²) in [4.78, 5) is 26.3. The predicted octanol–water partition coefficient (Wildman–Crippen LogP) is 2.13. The van der Waals surface area contributed by atoms with Crippen LogP contribution in [0.2, 0.25) is 0 Å². The molecule has 0 radical (unpaired) electrons. The van der Waals surface area contributed by atoms with Crippen LogP contribution in [0.25, 0.3) is 0 Å². The van der Waals surface area contributed by atoms with Crippen LogP contribution in [0.1, 0.15) is 31.2 Å². The molecule has 0 aliphatic carbocycles. The Bertz CT molecular complexity index is 580. The van der Waals surface area contributed by atoms with E-state index in [2.05, 4.69) is 0 Å². The second-order valence-electron chi connectivity index (χ2n) is 6.89. The van der Waals surface area contributed by atoms with Gasteiger partial charge in [0.15, 0.2) is 0 Å². The van der Waals surface area contributed by atoms with Crippen LogP contribution in [-0.2, 0) is 14.3 Å². The Balaban J connectivity index is 1.80. The second kappa shape index (κ2) is 6.32. The second-order valence-corrected chi connectivity index (χ2v) is 6.89. The summed E-state index contributed by atoms with van der Waals surface area (Å²) in [6.07, 6.45) is 1.68. The van der Waals surface area contributed by atoms with Crippen molar-refractivity contribution < 1.29 is 19.4 Å². The molecule has 23 heavy (non-hydrogen) atoms. The van der Waals surface area contributed by atoms with Crippen LogP contribution in [0.3, 0.4) is 0 Å². The van der Waals surface area contributed by atoms with Crippen molar-refractivity contribution in [2.45, 2.75) is 25.7 Å². The van der Waals surface area contributed by atoms with Gasteiger partial charge in [-0.2, -0.15) is 0 Å². The highest BCUT2D eigenvalue weighted by molar-refractivity contribution is 5.84. The number of carbonyl (C=O) groups excluding carboxylic acids is 1. The topological polar surface area (TPSA) is 66.8 Å². The van der Waals surface area contributed by atoms with Gasteiger partial charge in [-0.05, 0) is 25.3 Å². The molecule has 1 aromatic carbocycles. The van der Waals surface area contributed by atoms with Gasteiger partial charge < -0.3 is 14.7 Å². The largest absolute Gasteiger partial charge is 0.481 e. The van der Waals surface area contributed by atoms with E-state index in [0.29, 0.717) is 19.8 Å². The standard InChI is InChI=1S/C18H23NO4/c1-18(8-5-9-23-12-18)17(22)19-10-14(15(11-19)16(20)21)13-6-3-2-4-7-13/h2-4,6-7,14-15H,5,8-12H2,1H3,(H,20,21)/t14-,15+,18?/m1/s1. The molecule has 1 unspecified atom stereocenters. The Morgan fingerprint density at radius 2 is 2.00 bits per heavy atom. The third-order valence-corrected chi connectivity index (χ3v) is 5.11. The van der Waals surface area contributed by atoms with E-state index in [9.17, 15) is 14.7 Å². The molecule has 5 nitrogen and oxygen atoms in total. The first-order valence-electron chi connectivity index (χ1n) is 8.16. The van der Waals surface area contributed by atoms with E-state index in [0.717, 1.165) is 18.4 Å². The Kier molecular flexibility index (Phi) is 4.39. The van der Waals surface area contributed by atoms with Gasteiger partial charge in [-0.15, -0.1) is 0 Å². The van der Waals surface area contributed by atoms with Gasteiger partial charge >= 0.3 is 5.97 Å². The van der Waals surface area contributed by atoms with Gasteiger partial charge in [0.2, 0.25) is 5.91 Å². The van der Waals surface area contributed by atoms with Crippen LogP contribution in [0, 0.1) is 11.3 Å². The summed E-state index contributed by atoms with van der Waals surface area (Å²) >= 11 is 0. The molecule has 5 heteroatoms. The highest BCUT2D eigenvalue weighted by atomic mass is 16.5. The molecule has 0 spiro atoms. The highest BCUT2D eigenvalue weighted by Gasteiger charge is 2.45. The van der Waals surface area contributed by atoms with Gasteiger partial charge in [0.1, 0.15) is 0 Å². The number of hydrogen-bond acceptors (Lipinski definition) is 3. The van der Waals surface area contributed by atoms with E-state index in [1.54, 1.807) is 4.90 Å². The third kappa shape index (κ3) is 3.11. The molecule has 0 saturated carbocycles. The summed E-state index contributed by atoms with van der Waals surface area (Å²) < 4.78 is 5.49. The molecule has 3 atom stereocenters. The Labute approximate surface area is 136 Å². The molecule has 2 aliphatic rings. The number of amides is 1. The average molecular weight is 317 g/mol. The number of hydrogen-bond donors (Lipinski definition) is 1. The first-order chi connectivity index (χ1) is 11.0. The van der Waals surface area contributed by atoms with E-state index in [1.807, 2.05) is 37.3 Å². The van der Waals surface area contributed by atoms with Gasteiger partial charge in [-0.1, -0.05) is 30.3 Å². The van der Waals surface area contributed by atoms with Crippen LogP contribution >= 0.6 is 0 Å². The summed E-state index contributed by atoms with van der Waals surface area (Å²) in [5.41, 5.74) is 0.465. The molecule has 0 aromatic heterocycles. The monoisotopic (exact) mass is 317 g/mol. The Morgan fingerprint density at radius 1 is 1.26 bits per heavy atom. The van der Waals surface area contributed by atoms with Gasteiger partial charge in [0.05, 0.1) is 17.9 Å². The summed E-state index contributed by atoms with van der Waals surface area (Å²) in [6.45, 7) is 3.81. The molecule has 3 rings (SSSR count). The summed E-state index contributed by atoms with van der Waals surface area (Å²) in [5, 5.41) is 9.56. The fourth-order valence-corrected chi connectivity index (χ4v) is 3.74. The number of ether oxygens (including phenoxy) is 1. The maximum atomic E-state index is 12.9. The molecule has 2 heterocycles. The molecule has 124 valence electrons. The zero-order valence-electron chi connectivity index (χ0n) is 13.4. The lowest BCUT2D eigenvalue weighted by molar-refractivity contribution is -0.148. The lowest BCUT2D eigenvalue weighted by Gasteiger charge is -2.35. The molecular formula is C18H23NO4. The molecule has 1 amide bonds. The van der Waals surface area contributed by atoms with Crippen LogP contribution in [0.15, 0.2) is 30.3 Å². The molecule has 1 aromatic rings. The number of aliphatic carboxylic acids is 1. The van der Waals surface area contributed by atoms with E-state index >= 15 is 0 Å². The van der Waals surface area contributed by atoms with E-state index in [4.69, 9.17) is 4.74 Å². The van der Waals surface area contributed by atoms with Gasteiger partial charge in [0, 0.05) is 25.6 Å².